The molecule has 0 bridgehead atoms. The fourth-order valence-electron chi connectivity index (χ4n) is 2.10. The number of imidazole rings is 1. The van der Waals surface area contributed by atoms with Crippen molar-refractivity contribution < 1.29 is 9.32 Å². The summed E-state index contributed by atoms with van der Waals surface area (Å²) in [5, 5.41) is 3.83. The van der Waals surface area contributed by atoms with Gasteiger partial charge in [0.25, 0.3) is 0 Å². The standard InChI is InChI=1S/C13H19N5O2/c1-5-17(8-12-15-11(4)20-16-12)13(19)9(2)18-7-6-14-10(18)3/h6-7,9H,5,8H2,1-4H3/t9-/m1/s1. The number of amides is 1. The topological polar surface area (TPSA) is 77.0 Å². The van der Waals surface area contributed by atoms with Crippen molar-refractivity contribution in [1.82, 2.24) is 24.6 Å². The second-order valence-corrected chi connectivity index (χ2v) is 4.64. The molecule has 0 N–H and O–H groups in total. The van der Waals surface area contributed by atoms with E-state index in [0.717, 1.165) is 5.82 Å². The number of nitrogens with zero attached hydrogens (tertiary/aromatic N) is 5. The third-order valence-corrected chi connectivity index (χ3v) is 3.23. The predicted molar refractivity (Wildman–Crippen MR) is 71.8 cm³/mol. The Morgan fingerprint density at radius 2 is 2.25 bits per heavy atom. The van der Waals surface area contributed by atoms with Crippen molar-refractivity contribution in [1.29, 1.82) is 0 Å². The van der Waals surface area contributed by atoms with Gasteiger partial charge in [0, 0.05) is 25.9 Å². The molecule has 0 aliphatic carbocycles. The first-order chi connectivity index (χ1) is 9.52. The molecular formula is C13H19N5O2. The van der Waals surface area contributed by atoms with E-state index in [2.05, 4.69) is 15.1 Å². The number of hydrogen-bond acceptors (Lipinski definition) is 5. The summed E-state index contributed by atoms with van der Waals surface area (Å²) in [6.45, 7) is 8.34. The van der Waals surface area contributed by atoms with Crippen LogP contribution in [0.25, 0.3) is 0 Å². The zero-order valence-electron chi connectivity index (χ0n) is 12.2. The van der Waals surface area contributed by atoms with Crippen molar-refractivity contribution in [3.8, 4) is 0 Å². The van der Waals surface area contributed by atoms with Crippen molar-refractivity contribution >= 4 is 5.91 Å². The summed E-state index contributed by atoms with van der Waals surface area (Å²) in [6.07, 6.45) is 3.50. The molecule has 108 valence electrons. The van der Waals surface area contributed by atoms with Crippen LogP contribution in [0.15, 0.2) is 16.9 Å². The molecule has 7 nitrogen and oxygen atoms in total. The largest absolute Gasteiger partial charge is 0.340 e. The van der Waals surface area contributed by atoms with Crippen LogP contribution in [0.3, 0.4) is 0 Å². The van der Waals surface area contributed by atoms with Crippen LogP contribution in [0.2, 0.25) is 0 Å². The molecule has 1 atom stereocenters. The van der Waals surface area contributed by atoms with Crippen LogP contribution < -0.4 is 0 Å². The lowest BCUT2D eigenvalue weighted by atomic mass is 10.2. The molecular weight excluding hydrogens is 258 g/mol. The summed E-state index contributed by atoms with van der Waals surface area (Å²) in [5.41, 5.74) is 0. The van der Waals surface area contributed by atoms with Gasteiger partial charge in [-0.1, -0.05) is 5.16 Å². The fraction of sp³-hybridized carbons (Fsp3) is 0.538. The van der Waals surface area contributed by atoms with Crippen LogP contribution in [-0.4, -0.2) is 37.0 Å². The highest BCUT2D eigenvalue weighted by Gasteiger charge is 2.23. The Morgan fingerprint density at radius 1 is 1.50 bits per heavy atom. The SMILES string of the molecule is CCN(Cc1noc(C)n1)C(=O)[C@@H](C)n1ccnc1C. The first kappa shape index (κ1) is 14.2. The van der Waals surface area contributed by atoms with Gasteiger partial charge in [0.05, 0.1) is 6.54 Å². The van der Waals surface area contributed by atoms with Gasteiger partial charge in [0.15, 0.2) is 5.82 Å². The van der Waals surface area contributed by atoms with E-state index in [1.54, 1.807) is 18.0 Å². The number of likely N-dealkylation sites (N-methyl/N-ethyl adjacent to an activating group) is 1. The molecule has 2 heterocycles. The van der Waals surface area contributed by atoms with E-state index < -0.39 is 0 Å². The van der Waals surface area contributed by atoms with E-state index in [0.29, 0.717) is 24.8 Å². The van der Waals surface area contributed by atoms with Crippen molar-refractivity contribution in [3.05, 3.63) is 29.9 Å². The van der Waals surface area contributed by atoms with E-state index in [9.17, 15) is 4.79 Å². The van der Waals surface area contributed by atoms with Gasteiger partial charge in [-0.3, -0.25) is 4.79 Å². The van der Waals surface area contributed by atoms with Crippen LogP contribution in [0.1, 0.15) is 37.4 Å². The number of aryl methyl sites for hydroxylation is 2. The Kier molecular flexibility index (Phi) is 4.16. The lowest BCUT2D eigenvalue weighted by molar-refractivity contribution is -0.134. The van der Waals surface area contributed by atoms with Crippen LogP contribution >= 0.6 is 0 Å². The number of aromatic nitrogens is 4. The highest BCUT2D eigenvalue weighted by atomic mass is 16.5. The van der Waals surface area contributed by atoms with Gasteiger partial charge in [-0.15, -0.1) is 0 Å². The minimum atomic E-state index is -0.301. The molecule has 0 fully saturated rings. The Labute approximate surface area is 117 Å². The molecule has 7 heteroatoms. The van der Waals surface area contributed by atoms with Gasteiger partial charge in [-0.05, 0) is 20.8 Å². The van der Waals surface area contributed by atoms with Crippen LogP contribution in [-0.2, 0) is 11.3 Å². The van der Waals surface area contributed by atoms with Gasteiger partial charge >= 0.3 is 0 Å². The maximum Gasteiger partial charge on any atom is 0.245 e. The Hall–Kier alpha value is -2.18. The van der Waals surface area contributed by atoms with Crippen molar-refractivity contribution in [2.75, 3.05) is 6.54 Å². The molecule has 2 aromatic heterocycles. The van der Waals surface area contributed by atoms with Crippen LogP contribution in [0, 0.1) is 13.8 Å². The van der Waals surface area contributed by atoms with E-state index in [4.69, 9.17) is 4.52 Å². The van der Waals surface area contributed by atoms with E-state index >= 15 is 0 Å². The molecule has 0 spiro atoms. The normalized spacial score (nSPS) is 12.4. The predicted octanol–water partition coefficient (Wildman–Crippen LogP) is 1.49. The zero-order chi connectivity index (χ0) is 14.7. The summed E-state index contributed by atoms with van der Waals surface area (Å²) in [5.74, 6) is 1.85. The molecule has 20 heavy (non-hydrogen) atoms. The van der Waals surface area contributed by atoms with E-state index in [1.807, 2.05) is 31.5 Å². The molecule has 0 aliphatic heterocycles. The molecule has 0 saturated carbocycles. The van der Waals surface area contributed by atoms with Crippen LogP contribution in [0.4, 0.5) is 0 Å². The smallest absolute Gasteiger partial charge is 0.245 e. The van der Waals surface area contributed by atoms with Crippen molar-refractivity contribution in [3.63, 3.8) is 0 Å². The number of rotatable bonds is 5. The third-order valence-electron chi connectivity index (χ3n) is 3.23. The fourth-order valence-corrected chi connectivity index (χ4v) is 2.10. The minimum absolute atomic E-state index is 0.0102. The first-order valence-corrected chi connectivity index (χ1v) is 6.60. The molecule has 1 amide bonds. The monoisotopic (exact) mass is 277 g/mol. The van der Waals surface area contributed by atoms with E-state index in [1.165, 1.54) is 0 Å². The average molecular weight is 277 g/mol. The van der Waals surface area contributed by atoms with Gasteiger partial charge in [0.2, 0.25) is 11.8 Å². The second kappa shape index (κ2) is 5.85. The average Bonchev–Trinajstić information content (AvgIpc) is 3.03. The molecule has 2 rings (SSSR count). The highest BCUT2D eigenvalue weighted by molar-refractivity contribution is 5.80. The quantitative estimate of drug-likeness (QED) is 0.827. The molecule has 0 aliphatic rings. The Morgan fingerprint density at radius 3 is 2.75 bits per heavy atom. The van der Waals surface area contributed by atoms with Gasteiger partial charge in [0.1, 0.15) is 11.9 Å². The maximum absolute atomic E-state index is 12.5. The number of carbonyl (C=O) groups is 1. The lowest BCUT2D eigenvalue weighted by Gasteiger charge is -2.24. The Balaban J connectivity index is 2.11. The van der Waals surface area contributed by atoms with E-state index in [-0.39, 0.29) is 11.9 Å². The van der Waals surface area contributed by atoms with Crippen molar-refractivity contribution in [2.45, 2.75) is 40.3 Å². The maximum atomic E-state index is 12.5. The van der Waals surface area contributed by atoms with Gasteiger partial charge in [-0.25, -0.2) is 4.98 Å². The number of carbonyl (C=O) groups excluding carboxylic acids is 1. The summed E-state index contributed by atoms with van der Waals surface area (Å²) >= 11 is 0. The summed E-state index contributed by atoms with van der Waals surface area (Å²) in [4.78, 5) is 22.5. The molecule has 0 radical (unpaired) electrons. The number of hydrogen-bond donors (Lipinski definition) is 0. The Bertz CT molecular complexity index is 589. The van der Waals surface area contributed by atoms with Gasteiger partial charge < -0.3 is 14.0 Å². The zero-order valence-corrected chi connectivity index (χ0v) is 12.2. The second-order valence-electron chi connectivity index (χ2n) is 4.64. The third kappa shape index (κ3) is 2.87. The van der Waals surface area contributed by atoms with Crippen molar-refractivity contribution in [2.24, 2.45) is 0 Å². The molecule has 2 aromatic rings. The minimum Gasteiger partial charge on any atom is -0.340 e. The summed E-state index contributed by atoms with van der Waals surface area (Å²) in [7, 11) is 0. The molecule has 0 saturated heterocycles. The summed E-state index contributed by atoms with van der Waals surface area (Å²) < 4.78 is 6.78. The highest BCUT2D eigenvalue weighted by Crippen LogP contribution is 2.14. The molecule has 0 unspecified atom stereocenters. The summed E-state index contributed by atoms with van der Waals surface area (Å²) in [6, 6.07) is -0.301. The lowest BCUT2D eigenvalue weighted by Crippen LogP contribution is -2.36. The van der Waals surface area contributed by atoms with Gasteiger partial charge in [-0.2, -0.15) is 4.98 Å². The molecule has 0 aromatic carbocycles. The van der Waals surface area contributed by atoms with Crippen LogP contribution in [0.5, 0.6) is 0 Å². The first-order valence-electron chi connectivity index (χ1n) is 6.60.